The van der Waals surface area contributed by atoms with Gasteiger partial charge in [-0.2, -0.15) is 0 Å². The first kappa shape index (κ1) is 16.0. The van der Waals surface area contributed by atoms with Crippen molar-refractivity contribution in [1.82, 2.24) is 0 Å². The van der Waals surface area contributed by atoms with Crippen LogP contribution in [0.1, 0.15) is 17.0 Å². The molecule has 0 spiro atoms. The first-order chi connectivity index (χ1) is 11.5. The largest absolute Gasteiger partial charge is 0.494 e. The van der Waals surface area contributed by atoms with Gasteiger partial charge in [0.2, 0.25) is 5.91 Å². The van der Waals surface area contributed by atoms with E-state index in [4.69, 9.17) is 4.74 Å². The van der Waals surface area contributed by atoms with E-state index < -0.39 is 17.7 Å². The maximum Gasteiger partial charge on any atom is 0.312 e. The number of methoxy groups -OCH3 is 1. The second-order valence-electron chi connectivity index (χ2n) is 5.60. The van der Waals surface area contributed by atoms with E-state index in [2.05, 4.69) is 0 Å². The Morgan fingerprint density at radius 2 is 2.04 bits per heavy atom. The van der Waals surface area contributed by atoms with Crippen molar-refractivity contribution < 1.29 is 23.8 Å². The van der Waals surface area contributed by atoms with Crippen LogP contribution in [-0.4, -0.2) is 30.6 Å². The van der Waals surface area contributed by atoms with Crippen molar-refractivity contribution in [3.05, 3.63) is 59.4 Å². The van der Waals surface area contributed by atoms with Gasteiger partial charge in [-0.25, -0.2) is 4.39 Å². The predicted octanol–water partition coefficient (Wildman–Crippen LogP) is 2.59. The van der Waals surface area contributed by atoms with Gasteiger partial charge in [0.1, 0.15) is 5.92 Å². The van der Waals surface area contributed by atoms with Gasteiger partial charge in [0.05, 0.1) is 13.5 Å². The molecule has 1 N–H and O–H groups in total. The molecule has 5 nitrogen and oxygen atoms in total. The zero-order valence-electron chi connectivity index (χ0n) is 13.0. The Bertz CT molecular complexity index is 805. The van der Waals surface area contributed by atoms with Gasteiger partial charge < -0.3 is 14.7 Å². The molecule has 0 bridgehead atoms. The number of carbonyl (C=O) groups excluding carboxylic acids is 1. The number of ether oxygens (including phenoxy) is 1. The average molecular weight is 329 g/mol. The molecule has 6 heteroatoms. The molecule has 124 valence electrons. The monoisotopic (exact) mass is 329 g/mol. The van der Waals surface area contributed by atoms with Crippen LogP contribution in [0.3, 0.4) is 0 Å². The highest BCUT2D eigenvalue weighted by Crippen LogP contribution is 2.36. The SMILES string of the molecule is COc1ccc(CC(=O)N2CC(C(=O)O)c3ccccc32)cc1F. The lowest BCUT2D eigenvalue weighted by Gasteiger charge is -2.17. The number of carboxylic acid groups (broad SMARTS) is 1. The van der Waals surface area contributed by atoms with Crippen LogP contribution in [0.15, 0.2) is 42.5 Å². The van der Waals surface area contributed by atoms with E-state index in [9.17, 15) is 19.1 Å². The summed E-state index contributed by atoms with van der Waals surface area (Å²) < 4.78 is 18.6. The van der Waals surface area contributed by atoms with Crippen molar-refractivity contribution >= 4 is 17.6 Å². The Balaban J connectivity index is 1.83. The van der Waals surface area contributed by atoms with Gasteiger partial charge in [-0.3, -0.25) is 9.59 Å². The van der Waals surface area contributed by atoms with E-state index in [1.54, 1.807) is 30.3 Å². The van der Waals surface area contributed by atoms with E-state index in [1.165, 1.54) is 24.1 Å². The van der Waals surface area contributed by atoms with Gasteiger partial charge in [-0.15, -0.1) is 0 Å². The Kier molecular flexibility index (Phi) is 4.20. The summed E-state index contributed by atoms with van der Waals surface area (Å²) in [7, 11) is 1.37. The number of hydrogen-bond acceptors (Lipinski definition) is 3. The second kappa shape index (κ2) is 6.31. The van der Waals surface area contributed by atoms with Gasteiger partial charge in [0.15, 0.2) is 11.6 Å². The second-order valence-corrected chi connectivity index (χ2v) is 5.60. The van der Waals surface area contributed by atoms with E-state index >= 15 is 0 Å². The Labute approximate surface area is 138 Å². The molecule has 24 heavy (non-hydrogen) atoms. The highest BCUT2D eigenvalue weighted by Gasteiger charge is 2.36. The van der Waals surface area contributed by atoms with Gasteiger partial charge >= 0.3 is 5.97 Å². The molecule has 1 aliphatic rings. The summed E-state index contributed by atoms with van der Waals surface area (Å²) in [4.78, 5) is 25.4. The number of halogens is 1. The van der Waals surface area contributed by atoms with Crippen LogP contribution >= 0.6 is 0 Å². The molecular weight excluding hydrogens is 313 g/mol. The molecule has 3 rings (SSSR count). The summed E-state index contributed by atoms with van der Waals surface area (Å²) in [6.07, 6.45) is -0.0123. The summed E-state index contributed by atoms with van der Waals surface area (Å²) >= 11 is 0. The van der Waals surface area contributed by atoms with E-state index in [0.717, 1.165) is 0 Å². The van der Waals surface area contributed by atoms with Crippen LogP contribution < -0.4 is 9.64 Å². The fraction of sp³-hybridized carbons (Fsp3) is 0.222. The van der Waals surface area contributed by atoms with Crippen LogP contribution in [0.2, 0.25) is 0 Å². The third-order valence-electron chi connectivity index (χ3n) is 4.14. The summed E-state index contributed by atoms with van der Waals surface area (Å²) in [5.74, 6) is -2.39. The fourth-order valence-electron chi connectivity index (χ4n) is 2.94. The number of nitrogens with zero attached hydrogens (tertiary/aromatic N) is 1. The molecule has 1 amide bonds. The van der Waals surface area contributed by atoms with Crippen molar-refractivity contribution in [2.45, 2.75) is 12.3 Å². The number of amides is 1. The molecule has 2 aromatic carbocycles. The number of benzene rings is 2. The first-order valence-electron chi connectivity index (χ1n) is 7.45. The molecule has 1 heterocycles. The number of para-hydroxylation sites is 1. The lowest BCUT2D eigenvalue weighted by Crippen LogP contribution is -2.32. The summed E-state index contributed by atoms with van der Waals surface area (Å²) in [5, 5.41) is 9.34. The minimum absolute atomic E-state index is 0.0123. The van der Waals surface area contributed by atoms with Gasteiger partial charge in [-0.05, 0) is 29.3 Å². The van der Waals surface area contributed by atoms with Crippen LogP contribution in [-0.2, 0) is 16.0 Å². The summed E-state index contributed by atoms with van der Waals surface area (Å²) in [5.41, 5.74) is 1.73. The quantitative estimate of drug-likeness (QED) is 0.936. The number of anilines is 1. The van der Waals surface area contributed by atoms with Crippen LogP contribution in [0.5, 0.6) is 5.75 Å². The smallest absolute Gasteiger partial charge is 0.312 e. The van der Waals surface area contributed by atoms with Gasteiger partial charge in [0.25, 0.3) is 0 Å². The zero-order chi connectivity index (χ0) is 17.3. The molecule has 1 atom stereocenters. The van der Waals surface area contributed by atoms with Crippen LogP contribution in [0, 0.1) is 5.82 Å². The molecule has 0 fully saturated rings. The highest BCUT2D eigenvalue weighted by atomic mass is 19.1. The minimum Gasteiger partial charge on any atom is -0.494 e. The van der Waals surface area contributed by atoms with Crippen molar-refractivity contribution in [2.24, 2.45) is 0 Å². The Morgan fingerprint density at radius 1 is 1.29 bits per heavy atom. The molecular formula is C18H16FNO4. The van der Waals surface area contributed by atoms with E-state index in [0.29, 0.717) is 16.8 Å². The highest BCUT2D eigenvalue weighted by molar-refractivity contribution is 5.99. The van der Waals surface area contributed by atoms with Crippen LogP contribution in [0.4, 0.5) is 10.1 Å². The molecule has 0 saturated heterocycles. The normalized spacial score (nSPS) is 15.9. The molecule has 2 aromatic rings. The topological polar surface area (TPSA) is 66.8 Å². The predicted molar refractivity (Wildman–Crippen MR) is 85.8 cm³/mol. The number of hydrogen-bond donors (Lipinski definition) is 1. The molecule has 1 aliphatic heterocycles. The third kappa shape index (κ3) is 2.82. The fourth-order valence-corrected chi connectivity index (χ4v) is 2.94. The molecule has 1 unspecified atom stereocenters. The number of fused-ring (bicyclic) bond motifs is 1. The van der Waals surface area contributed by atoms with E-state index in [-0.39, 0.29) is 24.6 Å². The lowest BCUT2D eigenvalue weighted by molar-refractivity contribution is -0.138. The van der Waals surface area contributed by atoms with Crippen molar-refractivity contribution in [1.29, 1.82) is 0 Å². The average Bonchev–Trinajstić information content (AvgIpc) is 2.95. The van der Waals surface area contributed by atoms with Gasteiger partial charge in [-0.1, -0.05) is 24.3 Å². The zero-order valence-corrected chi connectivity index (χ0v) is 13.0. The standard InChI is InChI=1S/C18H16FNO4/c1-24-16-7-6-11(8-14(16)19)9-17(21)20-10-13(18(22)23)12-4-2-3-5-15(12)20/h2-8,13H,9-10H2,1H3,(H,22,23). The maximum atomic E-state index is 13.8. The maximum absolute atomic E-state index is 13.8. The number of aliphatic carboxylic acids is 1. The number of carbonyl (C=O) groups is 2. The van der Waals surface area contributed by atoms with Crippen molar-refractivity contribution in [2.75, 3.05) is 18.6 Å². The Morgan fingerprint density at radius 3 is 2.71 bits per heavy atom. The van der Waals surface area contributed by atoms with E-state index in [1.807, 2.05) is 0 Å². The van der Waals surface area contributed by atoms with Gasteiger partial charge in [0, 0.05) is 12.2 Å². The van der Waals surface area contributed by atoms with Crippen molar-refractivity contribution in [3.63, 3.8) is 0 Å². The summed E-state index contributed by atoms with van der Waals surface area (Å²) in [6.45, 7) is 0.0894. The van der Waals surface area contributed by atoms with Crippen molar-refractivity contribution in [3.8, 4) is 5.75 Å². The molecule has 0 saturated carbocycles. The Hall–Kier alpha value is -2.89. The first-order valence-corrected chi connectivity index (χ1v) is 7.45. The van der Waals surface area contributed by atoms with Crippen LogP contribution in [0.25, 0.3) is 0 Å². The minimum atomic E-state index is -0.965. The molecule has 0 aliphatic carbocycles. The lowest BCUT2D eigenvalue weighted by atomic mass is 10.0. The molecule has 0 aromatic heterocycles. The number of rotatable bonds is 4. The third-order valence-corrected chi connectivity index (χ3v) is 4.14. The summed E-state index contributed by atoms with van der Waals surface area (Å²) in [6, 6.07) is 11.3. The molecule has 0 radical (unpaired) electrons. The number of carboxylic acids is 1.